The molecule has 2 rings (SSSR count). The number of amides is 1. The molecular formula is C15H21BrN2O3. The van der Waals surface area contributed by atoms with Crippen molar-refractivity contribution in [1.29, 1.82) is 0 Å². The second kappa shape index (κ2) is 6.75. The zero-order valence-electron chi connectivity index (χ0n) is 12.6. The van der Waals surface area contributed by atoms with Gasteiger partial charge < -0.3 is 14.4 Å². The minimum atomic E-state index is -0.459. The number of hydrogen-bond donors (Lipinski definition) is 0. The van der Waals surface area contributed by atoms with E-state index in [1.807, 2.05) is 32.9 Å². The molecule has 1 fully saturated rings. The number of hydrogen-bond acceptors (Lipinski definition) is 4. The van der Waals surface area contributed by atoms with Crippen molar-refractivity contribution in [3.63, 3.8) is 0 Å². The summed E-state index contributed by atoms with van der Waals surface area (Å²) in [6.45, 7) is 7.38. The first-order valence-electron chi connectivity index (χ1n) is 7.03. The van der Waals surface area contributed by atoms with Gasteiger partial charge in [0.1, 0.15) is 10.2 Å². The third kappa shape index (κ3) is 5.28. The monoisotopic (exact) mass is 356 g/mol. The van der Waals surface area contributed by atoms with Crippen molar-refractivity contribution in [3.05, 3.63) is 28.5 Å². The van der Waals surface area contributed by atoms with Crippen LogP contribution in [-0.2, 0) is 16.1 Å². The Morgan fingerprint density at radius 3 is 2.86 bits per heavy atom. The second-order valence-electron chi connectivity index (χ2n) is 6.14. The van der Waals surface area contributed by atoms with Crippen LogP contribution in [0.25, 0.3) is 0 Å². The molecular weight excluding hydrogens is 336 g/mol. The summed E-state index contributed by atoms with van der Waals surface area (Å²) in [5, 5.41) is 0. The summed E-state index contributed by atoms with van der Waals surface area (Å²) in [6, 6.07) is 3.86. The molecule has 0 N–H and O–H groups in total. The smallest absolute Gasteiger partial charge is 0.410 e. The van der Waals surface area contributed by atoms with Gasteiger partial charge in [-0.15, -0.1) is 0 Å². The molecule has 2 heterocycles. The van der Waals surface area contributed by atoms with E-state index in [4.69, 9.17) is 9.47 Å². The normalized spacial score (nSPS) is 18.9. The van der Waals surface area contributed by atoms with Gasteiger partial charge in [0.2, 0.25) is 0 Å². The van der Waals surface area contributed by atoms with Crippen LogP contribution in [0.2, 0.25) is 0 Å². The zero-order chi connectivity index (χ0) is 15.5. The van der Waals surface area contributed by atoms with E-state index in [9.17, 15) is 4.79 Å². The number of nitrogens with zero attached hydrogens (tertiary/aromatic N) is 2. The third-order valence-electron chi connectivity index (χ3n) is 3.07. The predicted octanol–water partition coefficient (Wildman–Crippen LogP) is 3.37. The number of likely N-dealkylation sites (tertiary alicyclic amines) is 1. The van der Waals surface area contributed by atoms with Crippen molar-refractivity contribution in [1.82, 2.24) is 9.88 Å². The SMILES string of the molecule is CC(C)(C)OC(=O)N1CCC(OCc2ccc(Br)nc2)C1. The Balaban J connectivity index is 1.77. The highest BCUT2D eigenvalue weighted by Crippen LogP contribution is 2.18. The lowest BCUT2D eigenvalue weighted by Crippen LogP contribution is -2.36. The molecule has 0 radical (unpaired) electrons. The van der Waals surface area contributed by atoms with Crippen LogP contribution >= 0.6 is 15.9 Å². The molecule has 1 aromatic rings. The Kier molecular flexibility index (Phi) is 5.22. The highest BCUT2D eigenvalue weighted by atomic mass is 79.9. The Morgan fingerprint density at radius 1 is 1.48 bits per heavy atom. The molecule has 0 aliphatic carbocycles. The summed E-state index contributed by atoms with van der Waals surface area (Å²) in [4.78, 5) is 17.8. The van der Waals surface area contributed by atoms with Crippen LogP contribution in [0.4, 0.5) is 4.79 Å². The van der Waals surface area contributed by atoms with Gasteiger partial charge in [-0.3, -0.25) is 0 Å². The molecule has 1 amide bonds. The summed E-state index contributed by atoms with van der Waals surface area (Å²) in [7, 11) is 0. The van der Waals surface area contributed by atoms with E-state index in [1.165, 1.54) is 0 Å². The summed E-state index contributed by atoms with van der Waals surface area (Å²) in [5.74, 6) is 0. The van der Waals surface area contributed by atoms with Crippen molar-refractivity contribution in [2.24, 2.45) is 0 Å². The van der Waals surface area contributed by atoms with Crippen molar-refractivity contribution < 1.29 is 14.3 Å². The molecule has 1 aromatic heterocycles. The molecule has 1 unspecified atom stereocenters. The maximum absolute atomic E-state index is 12.0. The summed E-state index contributed by atoms with van der Waals surface area (Å²) in [6.07, 6.45) is 2.41. The second-order valence-corrected chi connectivity index (χ2v) is 6.95. The fourth-order valence-corrected chi connectivity index (χ4v) is 2.30. The van der Waals surface area contributed by atoms with E-state index >= 15 is 0 Å². The van der Waals surface area contributed by atoms with Crippen molar-refractivity contribution in [2.45, 2.75) is 45.5 Å². The zero-order valence-corrected chi connectivity index (χ0v) is 14.2. The molecule has 116 valence electrons. The van der Waals surface area contributed by atoms with Crippen molar-refractivity contribution in [3.8, 4) is 0 Å². The van der Waals surface area contributed by atoms with Crippen molar-refractivity contribution in [2.75, 3.05) is 13.1 Å². The fourth-order valence-electron chi connectivity index (χ4n) is 2.06. The molecule has 1 saturated heterocycles. The Bertz CT molecular complexity index is 485. The maximum atomic E-state index is 12.0. The van der Waals surface area contributed by atoms with Gasteiger partial charge in [-0.1, -0.05) is 6.07 Å². The lowest BCUT2D eigenvalue weighted by Gasteiger charge is -2.24. The third-order valence-corrected chi connectivity index (χ3v) is 3.54. The van der Waals surface area contributed by atoms with E-state index in [1.54, 1.807) is 11.1 Å². The average Bonchev–Trinajstić information content (AvgIpc) is 2.85. The Morgan fingerprint density at radius 2 is 2.24 bits per heavy atom. The van der Waals surface area contributed by atoms with Crippen LogP contribution in [0.5, 0.6) is 0 Å². The summed E-state index contributed by atoms with van der Waals surface area (Å²) >= 11 is 3.30. The number of pyridine rings is 1. The standard InChI is InChI=1S/C15H21BrN2O3/c1-15(2,3)21-14(19)18-7-6-12(9-18)20-10-11-4-5-13(16)17-8-11/h4-5,8,12H,6-7,9-10H2,1-3H3. The van der Waals surface area contributed by atoms with Crippen LogP contribution in [0.3, 0.4) is 0 Å². The molecule has 0 bridgehead atoms. The van der Waals surface area contributed by atoms with Gasteiger partial charge in [0.25, 0.3) is 0 Å². The van der Waals surface area contributed by atoms with Gasteiger partial charge in [0.05, 0.1) is 19.3 Å². The Labute approximate surface area is 133 Å². The highest BCUT2D eigenvalue weighted by molar-refractivity contribution is 9.10. The molecule has 1 atom stereocenters. The van der Waals surface area contributed by atoms with Crippen molar-refractivity contribution >= 4 is 22.0 Å². The Hall–Kier alpha value is -1.14. The first-order chi connectivity index (χ1) is 9.83. The molecule has 0 spiro atoms. The van der Waals surface area contributed by atoms with E-state index in [0.717, 1.165) is 16.6 Å². The molecule has 5 nitrogen and oxygen atoms in total. The summed E-state index contributed by atoms with van der Waals surface area (Å²) < 4.78 is 12.0. The minimum Gasteiger partial charge on any atom is -0.444 e. The van der Waals surface area contributed by atoms with Crippen LogP contribution in [-0.4, -0.2) is 40.8 Å². The minimum absolute atomic E-state index is 0.0566. The van der Waals surface area contributed by atoms with E-state index in [2.05, 4.69) is 20.9 Å². The van der Waals surface area contributed by atoms with E-state index in [-0.39, 0.29) is 12.2 Å². The molecule has 6 heteroatoms. The fraction of sp³-hybridized carbons (Fsp3) is 0.600. The van der Waals surface area contributed by atoms with Gasteiger partial charge >= 0.3 is 6.09 Å². The first kappa shape index (κ1) is 16.2. The lowest BCUT2D eigenvalue weighted by molar-refractivity contribution is 0.0184. The first-order valence-corrected chi connectivity index (χ1v) is 7.83. The van der Waals surface area contributed by atoms with Gasteiger partial charge in [-0.2, -0.15) is 0 Å². The van der Waals surface area contributed by atoms with Gasteiger partial charge in [-0.05, 0) is 54.8 Å². The van der Waals surface area contributed by atoms with Crippen LogP contribution in [0.15, 0.2) is 22.9 Å². The van der Waals surface area contributed by atoms with E-state index in [0.29, 0.717) is 19.7 Å². The number of ether oxygens (including phenoxy) is 2. The van der Waals surface area contributed by atoms with Crippen LogP contribution in [0.1, 0.15) is 32.8 Å². The molecule has 1 aliphatic rings. The number of carbonyl (C=O) groups is 1. The number of halogens is 1. The van der Waals surface area contributed by atoms with Gasteiger partial charge in [0, 0.05) is 12.7 Å². The number of carbonyl (C=O) groups excluding carboxylic acids is 1. The van der Waals surface area contributed by atoms with Crippen LogP contribution in [0, 0.1) is 0 Å². The lowest BCUT2D eigenvalue weighted by atomic mass is 10.2. The molecule has 21 heavy (non-hydrogen) atoms. The number of rotatable bonds is 3. The summed E-state index contributed by atoms with van der Waals surface area (Å²) in [5.41, 5.74) is 0.563. The molecule has 0 saturated carbocycles. The maximum Gasteiger partial charge on any atom is 0.410 e. The topological polar surface area (TPSA) is 51.7 Å². The van der Waals surface area contributed by atoms with Gasteiger partial charge in [0.15, 0.2) is 0 Å². The quantitative estimate of drug-likeness (QED) is 0.779. The van der Waals surface area contributed by atoms with Gasteiger partial charge in [-0.25, -0.2) is 9.78 Å². The predicted molar refractivity (Wildman–Crippen MR) is 82.9 cm³/mol. The van der Waals surface area contributed by atoms with Crippen LogP contribution < -0.4 is 0 Å². The average molecular weight is 357 g/mol. The molecule has 0 aromatic carbocycles. The largest absolute Gasteiger partial charge is 0.444 e. The highest BCUT2D eigenvalue weighted by Gasteiger charge is 2.30. The van der Waals surface area contributed by atoms with E-state index < -0.39 is 5.60 Å². The number of aromatic nitrogens is 1. The molecule has 1 aliphatic heterocycles.